The minimum absolute atomic E-state index is 0.953. The van der Waals surface area contributed by atoms with Gasteiger partial charge in [-0.15, -0.1) is 0 Å². The summed E-state index contributed by atoms with van der Waals surface area (Å²) < 4.78 is 0. The summed E-state index contributed by atoms with van der Waals surface area (Å²) in [6.07, 6.45) is 10.5. The largest absolute Gasteiger partial charge is 0.255 e. The number of allylic oxidation sites excluding steroid dienone is 2. The molecular formula is C41H32N2. The van der Waals surface area contributed by atoms with Crippen LogP contribution in [0.5, 0.6) is 0 Å². The lowest BCUT2D eigenvalue weighted by molar-refractivity contribution is 0.942. The number of nitrogens with zero attached hydrogens (tertiary/aromatic N) is 2. The average Bonchev–Trinajstić information content (AvgIpc) is 3.07. The van der Waals surface area contributed by atoms with E-state index in [0.29, 0.717) is 0 Å². The predicted octanol–water partition coefficient (Wildman–Crippen LogP) is 10.6. The normalized spacial score (nSPS) is 14.7. The van der Waals surface area contributed by atoms with Crippen LogP contribution in [0.1, 0.15) is 41.6 Å². The zero-order chi connectivity index (χ0) is 28.8. The summed E-state index contributed by atoms with van der Waals surface area (Å²) in [6.45, 7) is 2.15. The van der Waals surface area contributed by atoms with Crippen LogP contribution < -0.4 is 0 Å². The van der Waals surface area contributed by atoms with Crippen molar-refractivity contribution in [1.29, 1.82) is 0 Å². The molecule has 0 bridgehead atoms. The second kappa shape index (κ2) is 10.6. The summed E-state index contributed by atoms with van der Waals surface area (Å²) in [5.41, 5.74) is 13.7. The van der Waals surface area contributed by atoms with Crippen molar-refractivity contribution in [3.8, 4) is 22.3 Å². The minimum Gasteiger partial charge on any atom is -0.255 e. The van der Waals surface area contributed by atoms with Gasteiger partial charge in [-0.2, -0.15) is 0 Å². The van der Waals surface area contributed by atoms with Gasteiger partial charge in [-0.25, -0.2) is 0 Å². The highest BCUT2D eigenvalue weighted by Gasteiger charge is 2.20. The number of benzene rings is 5. The number of hydrogen-bond donors (Lipinski definition) is 0. The Morgan fingerprint density at radius 3 is 1.93 bits per heavy atom. The topological polar surface area (TPSA) is 25.2 Å². The van der Waals surface area contributed by atoms with Gasteiger partial charge in [0.2, 0.25) is 0 Å². The molecule has 2 heterocycles. The molecule has 0 unspecified atom stereocenters. The quantitative estimate of drug-likeness (QED) is 0.200. The molecule has 43 heavy (non-hydrogen) atoms. The molecule has 1 aliphatic heterocycles. The Kier molecular flexibility index (Phi) is 6.34. The minimum atomic E-state index is 0.953. The average molecular weight is 553 g/mol. The molecule has 0 atom stereocenters. The zero-order valence-electron chi connectivity index (χ0n) is 24.3. The zero-order valence-corrected chi connectivity index (χ0v) is 24.3. The van der Waals surface area contributed by atoms with Gasteiger partial charge in [0, 0.05) is 11.9 Å². The Bertz CT molecular complexity index is 2060. The molecule has 2 aliphatic rings. The lowest BCUT2D eigenvalue weighted by atomic mass is 9.83. The van der Waals surface area contributed by atoms with Crippen molar-refractivity contribution >= 4 is 39.0 Å². The summed E-state index contributed by atoms with van der Waals surface area (Å²) >= 11 is 0. The molecule has 0 N–H and O–H groups in total. The van der Waals surface area contributed by atoms with Crippen LogP contribution in [0, 0.1) is 6.92 Å². The third-order valence-electron chi connectivity index (χ3n) is 8.97. The standard InChI is InChI=1S/C41H32N2/c1-27-16-18-28(19-17-27)40-33-9-2-4-11-35(33)41(36-12-5-3-10-34(36)40)32-23-21-29-25-31(22-20-30(29)26-32)37-14-8-15-39(43-37)38-13-6-7-24-42-38/h2-7,9-13,15-19,21,23-26H,8,14,20,22H2,1H3. The fourth-order valence-corrected chi connectivity index (χ4v) is 6.85. The number of pyridine rings is 1. The van der Waals surface area contributed by atoms with Crippen LogP contribution in [0.3, 0.4) is 0 Å². The molecule has 6 aromatic rings. The number of fused-ring (bicyclic) bond motifs is 3. The van der Waals surface area contributed by atoms with Crippen LogP contribution in [0.15, 0.2) is 132 Å². The van der Waals surface area contributed by atoms with Crippen LogP contribution in [0.2, 0.25) is 0 Å². The second-order valence-corrected chi connectivity index (χ2v) is 11.7. The van der Waals surface area contributed by atoms with Gasteiger partial charge in [0.1, 0.15) is 0 Å². The van der Waals surface area contributed by atoms with Gasteiger partial charge in [0.25, 0.3) is 0 Å². The van der Waals surface area contributed by atoms with E-state index in [2.05, 4.69) is 115 Å². The molecule has 2 heteroatoms. The Hall–Kier alpha value is -5.08. The monoisotopic (exact) mass is 552 g/mol. The predicted molar refractivity (Wildman–Crippen MR) is 182 cm³/mol. The van der Waals surface area contributed by atoms with Gasteiger partial charge in [-0.05, 0) is 111 Å². The van der Waals surface area contributed by atoms with Crippen molar-refractivity contribution in [2.75, 3.05) is 0 Å². The number of hydrogen-bond acceptors (Lipinski definition) is 2. The molecule has 206 valence electrons. The number of aliphatic imine (C=N–C) groups is 1. The van der Waals surface area contributed by atoms with Crippen LogP contribution in [0.25, 0.3) is 55.6 Å². The Morgan fingerprint density at radius 1 is 0.605 bits per heavy atom. The molecule has 8 rings (SSSR count). The Morgan fingerprint density at radius 2 is 1.26 bits per heavy atom. The summed E-state index contributed by atoms with van der Waals surface area (Å²) in [6, 6.07) is 39.9. The van der Waals surface area contributed by atoms with E-state index in [0.717, 1.165) is 37.1 Å². The summed E-state index contributed by atoms with van der Waals surface area (Å²) in [4.78, 5) is 9.60. The van der Waals surface area contributed by atoms with Crippen molar-refractivity contribution in [2.24, 2.45) is 4.99 Å². The Labute approximate surface area is 252 Å². The maximum atomic E-state index is 5.07. The molecule has 1 aromatic heterocycles. The number of rotatable bonds is 4. The van der Waals surface area contributed by atoms with Gasteiger partial charge < -0.3 is 0 Å². The van der Waals surface area contributed by atoms with Crippen LogP contribution in [-0.2, 0) is 6.42 Å². The highest BCUT2D eigenvalue weighted by molar-refractivity contribution is 6.21. The first-order valence-corrected chi connectivity index (χ1v) is 15.3. The maximum Gasteiger partial charge on any atom is 0.0882 e. The van der Waals surface area contributed by atoms with Gasteiger partial charge in [-0.3, -0.25) is 9.98 Å². The Balaban J connectivity index is 1.23. The molecule has 0 amide bonds. The highest BCUT2D eigenvalue weighted by atomic mass is 14.8. The van der Waals surface area contributed by atoms with Gasteiger partial charge in [0.05, 0.1) is 11.4 Å². The fourth-order valence-electron chi connectivity index (χ4n) is 6.85. The van der Waals surface area contributed by atoms with Crippen molar-refractivity contribution < 1.29 is 0 Å². The van der Waals surface area contributed by atoms with Crippen molar-refractivity contribution in [3.05, 3.63) is 149 Å². The third-order valence-corrected chi connectivity index (χ3v) is 8.97. The van der Waals surface area contributed by atoms with E-state index < -0.39 is 0 Å². The second-order valence-electron chi connectivity index (χ2n) is 11.7. The molecule has 2 nitrogen and oxygen atoms in total. The van der Waals surface area contributed by atoms with E-state index >= 15 is 0 Å². The smallest absolute Gasteiger partial charge is 0.0882 e. The van der Waals surface area contributed by atoms with Crippen molar-refractivity contribution in [2.45, 2.75) is 32.6 Å². The summed E-state index contributed by atoms with van der Waals surface area (Å²) in [5, 5.41) is 5.20. The molecule has 0 fully saturated rings. The first kappa shape index (κ1) is 25.6. The summed E-state index contributed by atoms with van der Waals surface area (Å²) in [7, 11) is 0. The molecule has 0 saturated heterocycles. The van der Waals surface area contributed by atoms with E-state index in [4.69, 9.17) is 4.99 Å². The van der Waals surface area contributed by atoms with Crippen LogP contribution >= 0.6 is 0 Å². The lowest BCUT2D eigenvalue weighted by Crippen LogP contribution is -2.11. The molecule has 0 saturated carbocycles. The number of aryl methyl sites for hydroxylation is 2. The van der Waals surface area contributed by atoms with E-state index in [1.54, 1.807) is 0 Å². The molecule has 1 aliphatic carbocycles. The first-order chi connectivity index (χ1) is 21.2. The third kappa shape index (κ3) is 4.60. The highest BCUT2D eigenvalue weighted by Crippen LogP contribution is 2.44. The lowest BCUT2D eigenvalue weighted by Gasteiger charge is -2.22. The van der Waals surface area contributed by atoms with Gasteiger partial charge in [-0.1, -0.05) is 109 Å². The molecule has 0 spiro atoms. The van der Waals surface area contributed by atoms with Crippen molar-refractivity contribution in [1.82, 2.24) is 4.98 Å². The SMILES string of the molecule is Cc1ccc(-c2c3ccccc3c(-c3ccc4c(c3)CCC(C3=NC(c5ccccn5)=CCC3)=C4)c3ccccc23)cc1. The van der Waals surface area contributed by atoms with Crippen LogP contribution in [0.4, 0.5) is 0 Å². The summed E-state index contributed by atoms with van der Waals surface area (Å²) in [5.74, 6) is 0. The van der Waals surface area contributed by atoms with E-state index in [-0.39, 0.29) is 0 Å². The van der Waals surface area contributed by atoms with Crippen molar-refractivity contribution in [3.63, 3.8) is 0 Å². The molecule has 0 radical (unpaired) electrons. The first-order valence-electron chi connectivity index (χ1n) is 15.3. The fraction of sp³-hybridized carbons (Fsp3) is 0.122. The van der Waals surface area contributed by atoms with Gasteiger partial charge >= 0.3 is 0 Å². The van der Waals surface area contributed by atoms with E-state index in [1.807, 2.05) is 24.4 Å². The van der Waals surface area contributed by atoms with Crippen LogP contribution in [-0.4, -0.2) is 10.7 Å². The van der Waals surface area contributed by atoms with E-state index in [9.17, 15) is 0 Å². The molecular weight excluding hydrogens is 520 g/mol. The maximum absolute atomic E-state index is 5.07. The number of aromatic nitrogens is 1. The van der Waals surface area contributed by atoms with Gasteiger partial charge in [0.15, 0.2) is 0 Å². The molecule has 5 aromatic carbocycles. The van der Waals surface area contributed by atoms with E-state index in [1.165, 1.54) is 71.8 Å².